The first kappa shape index (κ1) is 12.5. The number of aromatic amines is 1. The highest BCUT2D eigenvalue weighted by atomic mass is 32.2. The smallest absolute Gasteiger partial charge is 0.257 e. The van der Waals surface area contributed by atoms with Gasteiger partial charge in [0.25, 0.3) is 10.0 Å². The van der Waals surface area contributed by atoms with Crippen LogP contribution in [0.1, 0.15) is 31.7 Å². The second-order valence-corrected chi connectivity index (χ2v) is 6.62. The van der Waals surface area contributed by atoms with Crippen molar-refractivity contribution in [1.82, 2.24) is 14.9 Å². The molecule has 1 heterocycles. The summed E-state index contributed by atoms with van der Waals surface area (Å²) in [5.41, 5.74) is 6.08. The third kappa shape index (κ3) is 2.51. The van der Waals surface area contributed by atoms with Crippen molar-refractivity contribution in [3.05, 3.63) is 11.8 Å². The van der Waals surface area contributed by atoms with Gasteiger partial charge in [0.15, 0.2) is 5.03 Å². The Bertz CT molecular complexity index is 490. The molecular weight excluding hydrogens is 240 g/mol. The van der Waals surface area contributed by atoms with Crippen LogP contribution in [0.3, 0.4) is 0 Å². The molecule has 1 aromatic heterocycles. The quantitative estimate of drug-likeness (QED) is 0.708. The standard InChI is InChI=1S/C10H18N4O2S/c1-10(3-2-4-10)7-13-17(15,16)9-8(5-11)6-12-14-9/h6,13H,2-5,7,11H2,1H3,(H,12,14). The number of H-pyrrole nitrogens is 1. The zero-order chi connectivity index (χ0) is 12.5. The van der Waals surface area contributed by atoms with Gasteiger partial charge in [0.1, 0.15) is 0 Å². The number of hydrogen-bond acceptors (Lipinski definition) is 4. The van der Waals surface area contributed by atoms with Gasteiger partial charge in [-0.3, -0.25) is 5.10 Å². The van der Waals surface area contributed by atoms with Gasteiger partial charge in [0.2, 0.25) is 0 Å². The third-order valence-corrected chi connectivity index (χ3v) is 4.83. The van der Waals surface area contributed by atoms with Crippen LogP contribution in [0.25, 0.3) is 0 Å². The van der Waals surface area contributed by atoms with Crippen LogP contribution in [0.2, 0.25) is 0 Å². The van der Waals surface area contributed by atoms with Crippen LogP contribution in [0.15, 0.2) is 11.2 Å². The molecule has 0 spiro atoms. The third-order valence-electron chi connectivity index (χ3n) is 3.42. The highest BCUT2D eigenvalue weighted by Crippen LogP contribution is 2.39. The lowest BCUT2D eigenvalue weighted by molar-refractivity contribution is 0.166. The van der Waals surface area contributed by atoms with Crippen LogP contribution < -0.4 is 10.5 Å². The van der Waals surface area contributed by atoms with E-state index in [0.29, 0.717) is 12.1 Å². The number of nitrogens with one attached hydrogen (secondary N) is 2. The Kier molecular flexibility index (Phi) is 3.24. The van der Waals surface area contributed by atoms with E-state index in [1.165, 1.54) is 12.6 Å². The van der Waals surface area contributed by atoms with E-state index in [4.69, 9.17) is 5.73 Å². The van der Waals surface area contributed by atoms with Gasteiger partial charge in [-0.25, -0.2) is 13.1 Å². The Labute approximate surface area is 101 Å². The van der Waals surface area contributed by atoms with Crippen molar-refractivity contribution in [3.63, 3.8) is 0 Å². The highest BCUT2D eigenvalue weighted by molar-refractivity contribution is 7.89. The van der Waals surface area contributed by atoms with Crippen LogP contribution in [0.5, 0.6) is 0 Å². The van der Waals surface area contributed by atoms with Crippen LogP contribution in [0, 0.1) is 5.41 Å². The zero-order valence-corrected chi connectivity index (χ0v) is 10.7. The molecule has 17 heavy (non-hydrogen) atoms. The largest absolute Gasteiger partial charge is 0.326 e. The maximum Gasteiger partial charge on any atom is 0.257 e. The number of sulfonamides is 1. The Balaban J connectivity index is 2.08. The molecule has 0 bridgehead atoms. The van der Waals surface area contributed by atoms with Crippen LogP contribution in [-0.4, -0.2) is 25.2 Å². The number of nitrogens with two attached hydrogens (primary N) is 1. The van der Waals surface area contributed by atoms with Crippen molar-refractivity contribution in [2.24, 2.45) is 11.1 Å². The van der Waals surface area contributed by atoms with Crippen molar-refractivity contribution in [3.8, 4) is 0 Å². The molecule has 4 N–H and O–H groups in total. The van der Waals surface area contributed by atoms with E-state index < -0.39 is 10.0 Å². The summed E-state index contributed by atoms with van der Waals surface area (Å²) in [7, 11) is -3.52. The van der Waals surface area contributed by atoms with E-state index in [-0.39, 0.29) is 17.0 Å². The van der Waals surface area contributed by atoms with E-state index in [1.807, 2.05) is 0 Å². The molecule has 1 saturated carbocycles. The number of hydrogen-bond donors (Lipinski definition) is 3. The van der Waals surface area contributed by atoms with Crippen LogP contribution >= 0.6 is 0 Å². The topological polar surface area (TPSA) is 101 Å². The average Bonchev–Trinajstić information content (AvgIpc) is 2.72. The molecule has 0 saturated heterocycles. The van der Waals surface area contributed by atoms with E-state index in [1.54, 1.807) is 0 Å². The lowest BCUT2D eigenvalue weighted by atomic mass is 9.71. The molecular formula is C10H18N4O2S. The maximum atomic E-state index is 12.0. The molecule has 96 valence electrons. The monoisotopic (exact) mass is 258 g/mol. The number of nitrogens with zero attached hydrogens (tertiary/aromatic N) is 1. The molecule has 0 unspecified atom stereocenters. The van der Waals surface area contributed by atoms with Gasteiger partial charge in [-0.2, -0.15) is 5.10 Å². The second kappa shape index (κ2) is 4.40. The molecule has 0 aliphatic heterocycles. The van der Waals surface area contributed by atoms with Crippen molar-refractivity contribution in [2.75, 3.05) is 6.54 Å². The Hall–Kier alpha value is -0.920. The molecule has 1 aliphatic rings. The van der Waals surface area contributed by atoms with E-state index >= 15 is 0 Å². The van der Waals surface area contributed by atoms with Gasteiger partial charge in [-0.05, 0) is 18.3 Å². The van der Waals surface area contributed by atoms with Gasteiger partial charge in [-0.1, -0.05) is 13.3 Å². The minimum atomic E-state index is -3.52. The summed E-state index contributed by atoms with van der Waals surface area (Å²) >= 11 is 0. The number of rotatable bonds is 5. The lowest BCUT2D eigenvalue weighted by Crippen LogP contribution is -2.40. The summed E-state index contributed by atoms with van der Waals surface area (Å²) in [5, 5.41) is 6.29. The van der Waals surface area contributed by atoms with Crippen molar-refractivity contribution < 1.29 is 8.42 Å². The molecule has 1 fully saturated rings. The van der Waals surface area contributed by atoms with Gasteiger partial charge in [0, 0.05) is 18.7 Å². The van der Waals surface area contributed by atoms with Gasteiger partial charge in [0.05, 0.1) is 6.20 Å². The van der Waals surface area contributed by atoms with Gasteiger partial charge in [-0.15, -0.1) is 0 Å². The summed E-state index contributed by atoms with van der Waals surface area (Å²) < 4.78 is 26.7. The SMILES string of the molecule is CC1(CNS(=O)(=O)c2[nH]ncc2CN)CCC1. The average molecular weight is 258 g/mol. The van der Waals surface area contributed by atoms with Crippen LogP contribution in [0.4, 0.5) is 0 Å². The molecule has 1 aliphatic carbocycles. The summed E-state index contributed by atoms with van der Waals surface area (Å²) in [6.07, 6.45) is 4.76. The fourth-order valence-electron chi connectivity index (χ4n) is 1.98. The summed E-state index contributed by atoms with van der Waals surface area (Å²) in [5.74, 6) is 0. The van der Waals surface area contributed by atoms with Crippen molar-refractivity contribution in [2.45, 2.75) is 37.8 Å². The predicted octanol–water partition coefficient (Wildman–Crippen LogP) is 0.337. The zero-order valence-electron chi connectivity index (χ0n) is 9.86. The van der Waals surface area contributed by atoms with E-state index in [0.717, 1.165) is 12.8 Å². The normalized spacial score (nSPS) is 18.9. The molecule has 2 rings (SSSR count). The minimum Gasteiger partial charge on any atom is -0.326 e. The van der Waals surface area contributed by atoms with Crippen molar-refractivity contribution >= 4 is 10.0 Å². The van der Waals surface area contributed by atoms with Crippen LogP contribution in [-0.2, 0) is 16.6 Å². The minimum absolute atomic E-state index is 0.0860. The molecule has 0 aromatic carbocycles. The van der Waals surface area contributed by atoms with E-state index in [2.05, 4.69) is 21.8 Å². The molecule has 0 amide bonds. The second-order valence-electron chi connectivity index (χ2n) is 4.92. The first-order valence-electron chi connectivity index (χ1n) is 5.69. The fourth-order valence-corrected chi connectivity index (χ4v) is 3.31. The maximum absolute atomic E-state index is 12.0. The highest BCUT2D eigenvalue weighted by Gasteiger charge is 2.33. The fraction of sp³-hybridized carbons (Fsp3) is 0.700. The number of aromatic nitrogens is 2. The predicted molar refractivity (Wildman–Crippen MR) is 63.6 cm³/mol. The Morgan fingerprint density at radius 1 is 1.59 bits per heavy atom. The summed E-state index contributed by atoms with van der Waals surface area (Å²) in [4.78, 5) is 0. The molecule has 0 radical (unpaired) electrons. The Morgan fingerprint density at radius 2 is 2.29 bits per heavy atom. The first-order chi connectivity index (χ1) is 7.97. The Morgan fingerprint density at radius 3 is 2.82 bits per heavy atom. The molecule has 6 nitrogen and oxygen atoms in total. The molecule has 1 aromatic rings. The van der Waals surface area contributed by atoms with Crippen molar-refractivity contribution in [1.29, 1.82) is 0 Å². The lowest BCUT2D eigenvalue weighted by Gasteiger charge is -2.38. The first-order valence-corrected chi connectivity index (χ1v) is 7.17. The summed E-state index contributed by atoms with van der Waals surface area (Å²) in [6, 6.07) is 0. The van der Waals surface area contributed by atoms with Gasteiger partial charge < -0.3 is 5.73 Å². The molecule has 0 atom stereocenters. The summed E-state index contributed by atoms with van der Waals surface area (Å²) in [6.45, 7) is 2.72. The van der Waals surface area contributed by atoms with E-state index in [9.17, 15) is 8.42 Å². The van der Waals surface area contributed by atoms with Gasteiger partial charge >= 0.3 is 0 Å². The molecule has 7 heteroatoms.